The third kappa shape index (κ3) is 3.94. The van der Waals surface area contributed by atoms with Crippen molar-refractivity contribution in [2.24, 2.45) is 5.92 Å². The second kappa shape index (κ2) is 8.17. The second-order valence-electron chi connectivity index (χ2n) is 7.73. The number of fused-ring (bicyclic) bond motifs is 1. The van der Waals surface area contributed by atoms with Gasteiger partial charge in [-0.15, -0.1) is 0 Å². The first kappa shape index (κ1) is 22.5. The van der Waals surface area contributed by atoms with Crippen molar-refractivity contribution in [3.8, 4) is 0 Å². The number of aliphatic carboxylic acids is 1. The minimum absolute atomic E-state index is 0.00814. The Morgan fingerprint density at radius 3 is 2.42 bits per heavy atom. The van der Waals surface area contributed by atoms with Crippen molar-refractivity contribution in [2.75, 3.05) is 13.2 Å². The fourth-order valence-electron chi connectivity index (χ4n) is 3.71. The molecule has 3 rings (SSSR count). The van der Waals surface area contributed by atoms with E-state index in [1.54, 1.807) is 24.3 Å². The number of esters is 1. The van der Waals surface area contributed by atoms with Gasteiger partial charge in [-0.05, 0) is 19.4 Å². The lowest BCUT2D eigenvalue weighted by atomic mass is 9.92. The molecule has 2 saturated heterocycles. The van der Waals surface area contributed by atoms with Crippen LogP contribution in [0.4, 0.5) is 4.79 Å². The van der Waals surface area contributed by atoms with Crippen molar-refractivity contribution in [2.45, 2.75) is 36.6 Å². The maximum atomic E-state index is 12.7. The number of nitrogens with zero attached hydrogens (tertiary/aromatic N) is 1. The lowest BCUT2D eigenvalue weighted by molar-refractivity contribution is -0.168. The van der Waals surface area contributed by atoms with Crippen LogP contribution in [0.5, 0.6) is 0 Å². The van der Waals surface area contributed by atoms with Gasteiger partial charge in [0, 0.05) is 0 Å². The number of hydrogen-bond acceptors (Lipinski definition) is 8. The molecule has 1 aromatic rings. The van der Waals surface area contributed by atoms with E-state index in [4.69, 9.17) is 9.47 Å². The zero-order chi connectivity index (χ0) is 23.0. The standard InChI is InChI=1S/C19H22N2O9S/c1-19(2)14(17(24)25)21-15(23)12(16(21)31(19,27)28)10-29-13(22)8-20-18(26)30-9-11-6-4-3-5-7-11/h3-7,12,14,16H,8-10H2,1-2H3,(H,20,26)(H,24,25)/t12-,14+,16-/m1/s1. The summed E-state index contributed by atoms with van der Waals surface area (Å²) in [4.78, 5) is 48.2. The van der Waals surface area contributed by atoms with Crippen molar-refractivity contribution in [1.29, 1.82) is 0 Å². The van der Waals surface area contributed by atoms with Gasteiger partial charge in [0.05, 0.1) is 4.75 Å². The number of carbonyl (C=O) groups excluding carboxylic acids is 3. The fraction of sp³-hybridized carbons (Fsp3) is 0.474. The Balaban J connectivity index is 1.49. The van der Waals surface area contributed by atoms with Gasteiger partial charge < -0.3 is 24.8 Å². The summed E-state index contributed by atoms with van der Waals surface area (Å²) in [5.74, 6) is -4.22. The van der Waals surface area contributed by atoms with E-state index < -0.39 is 69.0 Å². The number of alkyl carbamates (subject to hydrolysis) is 1. The Kier molecular flexibility index (Phi) is 5.94. The maximum absolute atomic E-state index is 12.7. The highest BCUT2D eigenvalue weighted by Gasteiger charge is 2.72. The number of nitrogens with one attached hydrogen (secondary N) is 1. The summed E-state index contributed by atoms with van der Waals surface area (Å²) in [6.45, 7) is 1.43. The molecule has 1 aromatic carbocycles. The topological polar surface area (TPSA) is 156 Å². The van der Waals surface area contributed by atoms with Crippen LogP contribution in [0.3, 0.4) is 0 Å². The van der Waals surface area contributed by atoms with Crippen molar-refractivity contribution in [3.05, 3.63) is 35.9 Å². The second-order valence-corrected chi connectivity index (χ2v) is 10.4. The van der Waals surface area contributed by atoms with Crippen molar-refractivity contribution in [3.63, 3.8) is 0 Å². The highest BCUT2D eigenvalue weighted by atomic mass is 32.2. The number of β-lactam (4-membered cyclic amide) rings is 1. The number of sulfone groups is 1. The highest BCUT2D eigenvalue weighted by Crippen LogP contribution is 2.48. The van der Waals surface area contributed by atoms with Gasteiger partial charge >= 0.3 is 18.0 Å². The zero-order valence-electron chi connectivity index (χ0n) is 16.8. The maximum Gasteiger partial charge on any atom is 0.407 e. The van der Waals surface area contributed by atoms with Crippen LogP contribution in [0.1, 0.15) is 19.4 Å². The summed E-state index contributed by atoms with van der Waals surface area (Å²) in [6.07, 6.45) is -0.851. The molecule has 2 fully saturated rings. The molecule has 0 unspecified atom stereocenters. The number of ether oxygens (including phenoxy) is 2. The van der Waals surface area contributed by atoms with E-state index in [1.807, 2.05) is 6.07 Å². The first-order valence-electron chi connectivity index (χ1n) is 9.37. The molecular weight excluding hydrogens is 432 g/mol. The molecule has 168 valence electrons. The summed E-state index contributed by atoms with van der Waals surface area (Å²) in [7, 11) is -4.01. The summed E-state index contributed by atoms with van der Waals surface area (Å²) in [5, 5.41) is 10.2. The molecule has 0 saturated carbocycles. The lowest BCUT2D eigenvalue weighted by Gasteiger charge is -2.42. The van der Waals surface area contributed by atoms with Gasteiger partial charge in [-0.3, -0.25) is 9.59 Å². The molecule has 0 spiro atoms. The van der Waals surface area contributed by atoms with Gasteiger partial charge in [0.1, 0.15) is 31.7 Å². The number of carboxylic acid groups (broad SMARTS) is 1. The van der Waals surface area contributed by atoms with Crippen LogP contribution in [0.25, 0.3) is 0 Å². The summed E-state index contributed by atoms with van der Waals surface area (Å²) in [6, 6.07) is 7.37. The molecule has 12 heteroatoms. The van der Waals surface area contributed by atoms with E-state index in [9.17, 15) is 32.7 Å². The van der Waals surface area contributed by atoms with Gasteiger partial charge in [0.2, 0.25) is 5.91 Å². The third-order valence-electron chi connectivity index (χ3n) is 5.43. The number of benzene rings is 1. The zero-order valence-corrected chi connectivity index (χ0v) is 17.6. The predicted octanol–water partition coefficient (Wildman–Crippen LogP) is -0.0993. The largest absolute Gasteiger partial charge is 0.480 e. The van der Waals surface area contributed by atoms with Gasteiger partial charge in [0.25, 0.3) is 0 Å². The third-order valence-corrected chi connectivity index (χ3v) is 8.31. The number of rotatable bonds is 7. The number of amides is 2. The Morgan fingerprint density at radius 2 is 1.81 bits per heavy atom. The van der Waals surface area contributed by atoms with Crippen LogP contribution in [0.2, 0.25) is 0 Å². The Labute approximate surface area is 178 Å². The Morgan fingerprint density at radius 1 is 1.16 bits per heavy atom. The molecule has 0 bridgehead atoms. The number of hydrogen-bond donors (Lipinski definition) is 2. The van der Waals surface area contributed by atoms with E-state index in [-0.39, 0.29) is 6.61 Å². The lowest BCUT2D eigenvalue weighted by Crippen LogP contribution is -2.64. The molecule has 0 radical (unpaired) electrons. The molecule has 3 atom stereocenters. The van der Waals surface area contributed by atoms with Crippen LogP contribution < -0.4 is 5.32 Å². The average Bonchev–Trinajstić information content (AvgIpc) is 2.86. The van der Waals surface area contributed by atoms with Crippen molar-refractivity contribution >= 4 is 33.8 Å². The van der Waals surface area contributed by atoms with Gasteiger partial charge in [0.15, 0.2) is 15.2 Å². The highest BCUT2D eigenvalue weighted by molar-refractivity contribution is 7.93. The number of carboxylic acids is 1. The van der Waals surface area contributed by atoms with Crippen LogP contribution >= 0.6 is 0 Å². The van der Waals surface area contributed by atoms with Crippen molar-refractivity contribution in [1.82, 2.24) is 10.2 Å². The van der Waals surface area contributed by atoms with E-state index in [2.05, 4.69) is 5.32 Å². The normalized spacial score (nSPS) is 25.2. The van der Waals surface area contributed by atoms with E-state index in [0.717, 1.165) is 10.5 Å². The molecule has 0 aliphatic carbocycles. The van der Waals surface area contributed by atoms with Gasteiger partial charge in [-0.25, -0.2) is 18.0 Å². The molecule has 2 aliphatic heterocycles. The summed E-state index contributed by atoms with van der Waals surface area (Å²) >= 11 is 0. The average molecular weight is 454 g/mol. The Hall–Kier alpha value is -3.15. The molecule has 2 heterocycles. The molecule has 2 amide bonds. The van der Waals surface area contributed by atoms with E-state index in [0.29, 0.717) is 0 Å². The first-order valence-corrected chi connectivity index (χ1v) is 10.9. The SMILES string of the molecule is CC1(C)[C@H](C(=O)O)N2C(=O)[C@@H](COC(=O)CNC(=O)OCc3ccccc3)[C@H]2S1(=O)=O. The van der Waals surface area contributed by atoms with Crippen LogP contribution in [-0.2, 0) is 40.3 Å². The molecular formula is C19H22N2O9S. The molecule has 2 N–H and O–H groups in total. The molecule has 11 nitrogen and oxygen atoms in total. The van der Waals surface area contributed by atoms with Crippen LogP contribution in [0, 0.1) is 5.92 Å². The smallest absolute Gasteiger partial charge is 0.407 e. The molecule has 31 heavy (non-hydrogen) atoms. The minimum Gasteiger partial charge on any atom is -0.480 e. The fourth-order valence-corrected chi connectivity index (χ4v) is 6.01. The molecule has 2 aliphatic rings. The summed E-state index contributed by atoms with van der Waals surface area (Å²) in [5.41, 5.74) is 0.758. The van der Waals surface area contributed by atoms with Crippen molar-refractivity contribution < 1.29 is 42.2 Å². The Bertz CT molecular complexity index is 1010. The van der Waals surface area contributed by atoms with E-state index in [1.165, 1.54) is 13.8 Å². The van der Waals surface area contributed by atoms with Gasteiger partial charge in [-0.2, -0.15) is 0 Å². The summed E-state index contributed by atoms with van der Waals surface area (Å²) < 4.78 is 33.6. The quantitative estimate of drug-likeness (QED) is 0.424. The van der Waals surface area contributed by atoms with Crippen LogP contribution in [-0.4, -0.2) is 71.7 Å². The predicted molar refractivity (Wildman–Crippen MR) is 104 cm³/mol. The first-order chi connectivity index (χ1) is 14.5. The number of carbonyl (C=O) groups is 4. The van der Waals surface area contributed by atoms with Gasteiger partial charge in [-0.1, -0.05) is 30.3 Å². The van der Waals surface area contributed by atoms with Crippen LogP contribution in [0.15, 0.2) is 30.3 Å². The molecule has 0 aromatic heterocycles. The monoisotopic (exact) mass is 454 g/mol. The van der Waals surface area contributed by atoms with E-state index >= 15 is 0 Å². The minimum atomic E-state index is -4.01.